The molecule has 0 radical (unpaired) electrons. The van der Waals surface area contributed by atoms with Crippen LogP contribution in [0.2, 0.25) is 0 Å². The van der Waals surface area contributed by atoms with E-state index in [1.165, 1.54) is 22.9 Å². The highest BCUT2D eigenvalue weighted by Gasteiger charge is 2.12. The van der Waals surface area contributed by atoms with Gasteiger partial charge in [0.1, 0.15) is 17.3 Å². The van der Waals surface area contributed by atoms with E-state index in [1.807, 2.05) is 0 Å². The summed E-state index contributed by atoms with van der Waals surface area (Å²) >= 11 is 0. The predicted molar refractivity (Wildman–Crippen MR) is 71.0 cm³/mol. The predicted octanol–water partition coefficient (Wildman–Crippen LogP) is 1.62. The van der Waals surface area contributed by atoms with Crippen LogP contribution in [0.5, 0.6) is 0 Å². The van der Waals surface area contributed by atoms with Gasteiger partial charge in [0.2, 0.25) is 0 Å². The number of benzene rings is 1. The molecule has 0 fully saturated rings. The number of halogens is 1. The van der Waals surface area contributed by atoms with Gasteiger partial charge in [-0.15, -0.1) is 0 Å². The van der Waals surface area contributed by atoms with Gasteiger partial charge in [-0.3, -0.25) is 9.48 Å². The number of hydrogen-bond acceptors (Lipinski definition) is 4. The number of nitrogens with zero attached hydrogens (tertiary/aromatic N) is 2. The molecular weight excluding hydrogens is 279 g/mol. The minimum atomic E-state index is -1.66. The summed E-state index contributed by atoms with van der Waals surface area (Å²) in [6.45, 7) is 0.348. The number of aliphatic hydroxyl groups excluding tert-OH is 1. The molecule has 0 saturated carbocycles. The SMILES string of the molecule is O=C(O)C(=O)C=C(O)c1ccn(Cc2ccc(F)cc2)n1. The van der Waals surface area contributed by atoms with Gasteiger partial charge in [0, 0.05) is 12.3 Å². The van der Waals surface area contributed by atoms with Crippen LogP contribution in [-0.2, 0) is 16.1 Å². The van der Waals surface area contributed by atoms with Crippen LogP contribution in [0.3, 0.4) is 0 Å². The first-order valence-electron chi connectivity index (χ1n) is 5.92. The molecule has 0 aliphatic heterocycles. The molecule has 1 aromatic carbocycles. The van der Waals surface area contributed by atoms with Crippen molar-refractivity contribution in [3.8, 4) is 0 Å². The van der Waals surface area contributed by atoms with Crippen molar-refractivity contribution in [2.75, 3.05) is 0 Å². The zero-order valence-corrected chi connectivity index (χ0v) is 10.7. The first-order valence-corrected chi connectivity index (χ1v) is 5.92. The lowest BCUT2D eigenvalue weighted by molar-refractivity contribution is -0.146. The number of aliphatic carboxylic acids is 1. The first-order chi connectivity index (χ1) is 9.95. The fourth-order valence-corrected chi connectivity index (χ4v) is 1.62. The second-order valence-corrected chi connectivity index (χ2v) is 4.22. The van der Waals surface area contributed by atoms with Crippen LogP contribution in [0.1, 0.15) is 11.3 Å². The number of aromatic nitrogens is 2. The lowest BCUT2D eigenvalue weighted by atomic mass is 10.2. The van der Waals surface area contributed by atoms with Crippen molar-refractivity contribution in [2.45, 2.75) is 6.54 Å². The molecule has 2 rings (SSSR count). The van der Waals surface area contributed by atoms with E-state index in [2.05, 4.69) is 5.10 Å². The van der Waals surface area contributed by atoms with Crippen molar-refractivity contribution in [3.05, 3.63) is 59.7 Å². The van der Waals surface area contributed by atoms with Gasteiger partial charge < -0.3 is 10.2 Å². The molecule has 0 saturated heterocycles. The largest absolute Gasteiger partial charge is 0.505 e. The Morgan fingerprint density at radius 2 is 1.86 bits per heavy atom. The highest BCUT2D eigenvalue weighted by Crippen LogP contribution is 2.10. The summed E-state index contributed by atoms with van der Waals surface area (Å²) in [6, 6.07) is 7.27. The van der Waals surface area contributed by atoms with Gasteiger partial charge in [-0.05, 0) is 23.8 Å². The number of carboxylic acid groups (broad SMARTS) is 1. The smallest absolute Gasteiger partial charge is 0.376 e. The summed E-state index contributed by atoms with van der Waals surface area (Å²) in [4.78, 5) is 21.3. The second kappa shape index (κ2) is 6.00. The molecule has 21 heavy (non-hydrogen) atoms. The molecule has 0 unspecified atom stereocenters. The third kappa shape index (κ3) is 3.75. The van der Waals surface area contributed by atoms with Gasteiger partial charge in [0.25, 0.3) is 5.78 Å². The standard InChI is InChI=1S/C14H11FN2O4/c15-10-3-1-9(2-4-10)8-17-6-5-11(16-17)12(18)7-13(19)14(20)21/h1-7,18H,8H2,(H,20,21). The monoisotopic (exact) mass is 290 g/mol. The lowest BCUT2D eigenvalue weighted by Crippen LogP contribution is -2.09. The fourth-order valence-electron chi connectivity index (χ4n) is 1.62. The number of aliphatic hydroxyl groups is 1. The van der Waals surface area contributed by atoms with Crippen LogP contribution >= 0.6 is 0 Å². The average Bonchev–Trinajstić information content (AvgIpc) is 2.90. The highest BCUT2D eigenvalue weighted by atomic mass is 19.1. The molecule has 0 atom stereocenters. The van der Waals surface area contributed by atoms with Crippen LogP contribution in [0.4, 0.5) is 4.39 Å². The van der Waals surface area contributed by atoms with Gasteiger partial charge in [0.05, 0.1) is 6.54 Å². The summed E-state index contributed by atoms with van der Waals surface area (Å²) in [6.07, 6.45) is 2.14. The minimum absolute atomic E-state index is 0.0757. The zero-order valence-electron chi connectivity index (χ0n) is 10.7. The quantitative estimate of drug-likeness (QED) is 0.496. The molecule has 0 aliphatic carbocycles. The zero-order chi connectivity index (χ0) is 15.4. The van der Waals surface area contributed by atoms with E-state index in [1.54, 1.807) is 18.3 Å². The van der Waals surface area contributed by atoms with Gasteiger partial charge in [0.15, 0.2) is 0 Å². The lowest BCUT2D eigenvalue weighted by Gasteiger charge is -2.01. The molecule has 2 aromatic rings. The van der Waals surface area contributed by atoms with E-state index < -0.39 is 17.5 Å². The Kier molecular flexibility index (Phi) is 4.13. The summed E-state index contributed by atoms with van der Waals surface area (Å²) in [5, 5.41) is 22.0. The second-order valence-electron chi connectivity index (χ2n) is 4.22. The number of carbonyl (C=O) groups is 2. The topological polar surface area (TPSA) is 92.4 Å². The highest BCUT2D eigenvalue weighted by molar-refractivity contribution is 6.38. The maximum Gasteiger partial charge on any atom is 0.376 e. The van der Waals surface area contributed by atoms with E-state index in [9.17, 15) is 19.1 Å². The molecule has 6 nitrogen and oxygen atoms in total. The van der Waals surface area contributed by atoms with Gasteiger partial charge >= 0.3 is 5.97 Å². The molecular formula is C14H11FN2O4. The van der Waals surface area contributed by atoms with Gasteiger partial charge in [-0.1, -0.05) is 12.1 Å². The van der Waals surface area contributed by atoms with Gasteiger partial charge in [-0.2, -0.15) is 5.10 Å². The molecule has 0 amide bonds. The van der Waals surface area contributed by atoms with E-state index in [0.717, 1.165) is 5.56 Å². The van der Waals surface area contributed by atoms with Crippen LogP contribution in [-0.4, -0.2) is 31.7 Å². The molecule has 0 aliphatic rings. The Bertz CT molecular complexity index is 704. The average molecular weight is 290 g/mol. The molecule has 1 heterocycles. The molecule has 7 heteroatoms. The van der Waals surface area contributed by atoms with E-state index >= 15 is 0 Å². The molecule has 108 valence electrons. The van der Waals surface area contributed by atoms with Crippen molar-refractivity contribution >= 4 is 17.5 Å². The number of hydrogen-bond donors (Lipinski definition) is 2. The van der Waals surface area contributed by atoms with Crippen molar-refractivity contribution in [2.24, 2.45) is 0 Å². The summed E-state index contributed by atoms with van der Waals surface area (Å²) in [5.41, 5.74) is 0.878. The number of ketones is 1. The minimum Gasteiger partial charge on any atom is -0.505 e. The molecule has 1 aromatic heterocycles. The molecule has 0 bridgehead atoms. The van der Waals surface area contributed by atoms with E-state index in [-0.39, 0.29) is 11.5 Å². The summed E-state index contributed by atoms with van der Waals surface area (Å²) in [5.74, 6) is -3.76. The Labute approximate surface area is 118 Å². The molecule has 0 spiro atoms. The Hall–Kier alpha value is -2.96. The van der Waals surface area contributed by atoms with Crippen molar-refractivity contribution in [3.63, 3.8) is 0 Å². The van der Waals surface area contributed by atoms with E-state index in [4.69, 9.17) is 5.11 Å². The Morgan fingerprint density at radius 3 is 2.48 bits per heavy atom. The normalized spacial score (nSPS) is 11.4. The third-order valence-corrected chi connectivity index (χ3v) is 2.64. The number of rotatable bonds is 5. The fraction of sp³-hybridized carbons (Fsp3) is 0.0714. The third-order valence-electron chi connectivity index (χ3n) is 2.64. The maximum absolute atomic E-state index is 12.8. The Morgan fingerprint density at radius 1 is 1.19 bits per heavy atom. The molecule has 2 N–H and O–H groups in total. The number of carbonyl (C=O) groups excluding carboxylic acids is 1. The van der Waals surface area contributed by atoms with Crippen molar-refractivity contribution < 1.29 is 24.2 Å². The summed E-state index contributed by atoms with van der Waals surface area (Å²) in [7, 11) is 0. The summed E-state index contributed by atoms with van der Waals surface area (Å²) < 4.78 is 14.2. The van der Waals surface area contributed by atoms with Crippen LogP contribution in [0.25, 0.3) is 5.76 Å². The van der Waals surface area contributed by atoms with Gasteiger partial charge in [-0.25, -0.2) is 9.18 Å². The van der Waals surface area contributed by atoms with Crippen LogP contribution < -0.4 is 0 Å². The van der Waals surface area contributed by atoms with E-state index in [0.29, 0.717) is 12.6 Å². The van der Waals surface area contributed by atoms with Crippen LogP contribution in [0, 0.1) is 5.82 Å². The first kappa shape index (κ1) is 14.4. The Balaban J connectivity index is 2.12. The van der Waals surface area contributed by atoms with Crippen molar-refractivity contribution in [1.29, 1.82) is 0 Å². The van der Waals surface area contributed by atoms with Crippen LogP contribution in [0.15, 0.2) is 42.6 Å². The maximum atomic E-state index is 12.8. The van der Waals surface area contributed by atoms with Crippen molar-refractivity contribution in [1.82, 2.24) is 9.78 Å². The number of carboxylic acids is 1.